The van der Waals surface area contributed by atoms with E-state index in [2.05, 4.69) is 20.9 Å². The summed E-state index contributed by atoms with van der Waals surface area (Å²) in [4.78, 5) is 44.1. The fraction of sp³-hybridized carbons (Fsp3) is 0.0323. The molecule has 1 unspecified atom stereocenters. The van der Waals surface area contributed by atoms with Crippen LogP contribution in [0.3, 0.4) is 0 Å². The average molecular weight is 581 g/mol. The van der Waals surface area contributed by atoms with Gasteiger partial charge >= 0.3 is 0 Å². The molecule has 3 amide bonds. The van der Waals surface area contributed by atoms with Gasteiger partial charge in [0.25, 0.3) is 11.8 Å². The molecule has 3 aromatic carbocycles. The summed E-state index contributed by atoms with van der Waals surface area (Å²) in [6, 6.07) is 28.6. The second-order valence-electron chi connectivity index (χ2n) is 8.61. The first-order chi connectivity index (χ1) is 20.0. The third kappa shape index (κ3) is 7.59. The molecule has 2 aromatic heterocycles. The van der Waals surface area contributed by atoms with Crippen LogP contribution in [0.5, 0.6) is 0 Å². The van der Waals surface area contributed by atoms with Gasteiger partial charge in [0, 0.05) is 33.8 Å². The first-order valence-corrected chi connectivity index (χ1v) is 14.3. The summed E-state index contributed by atoms with van der Waals surface area (Å²) in [5, 5.41) is 10.2. The van der Waals surface area contributed by atoms with E-state index in [0.29, 0.717) is 22.1 Å². The quantitative estimate of drug-likeness (QED) is 0.126. The molecule has 0 spiro atoms. The maximum absolute atomic E-state index is 13.2. The summed E-state index contributed by atoms with van der Waals surface area (Å²) in [6.45, 7) is 0. The molecule has 0 radical (unpaired) electrons. The SMILES string of the molecule is O=C(Nc1ccc(SC(C(=O)Nc2nccs2)c2ccccc2)cc1)/C(=C/c1ccco1)NC(=O)c1ccccc1. The zero-order valence-electron chi connectivity index (χ0n) is 21.5. The van der Waals surface area contributed by atoms with Crippen LogP contribution in [-0.4, -0.2) is 22.7 Å². The van der Waals surface area contributed by atoms with E-state index in [1.54, 1.807) is 66.2 Å². The summed E-state index contributed by atoms with van der Waals surface area (Å²) in [5.41, 5.74) is 1.81. The highest BCUT2D eigenvalue weighted by Crippen LogP contribution is 2.37. The van der Waals surface area contributed by atoms with Gasteiger partial charge in [-0.3, -0.25) is 14.4 Å². The second-order valence-corrected chi connectivity index (χ2v) is 10.7. The van der Waals surface area contributed by atoms with Crippen molar-refractivity contribution in [3.05, 3.63) is 137 Å². The normalized spacial score (nSPS) is 11.9. The molecule has 1 atom stereocenters. The molecule has 0 saturated heterocycles. The van der Waals surface area contributed by atoms with E-state index >= 15 is 0 Å². The predicted molar refractivity (Wildman–Crippen MR) is 161 cm³/mol. The zero-order valence-corrected chi connectivity index (χ0v) is 23.2. The smallest absolute Gasteiger partial charge is 0.272 e. The van der Waals surface area contributed by atoms with E-state index in [0.717, 1.165) is 10.5 Å². The van der Waals surface area contributed by atoms with E-state index in [-0.39, 0.29) is 11.6 Å². The van der Waals surface area contributed by atoms with Crippen LogP contribution in [-0.2, 0) is 9.59 Å². The molecule has 5 aromatic rings. The Balaban J connectivity index is 1.30. The van der Waals surface area contributed by atoms with Gasteiger partial charge in [0.15, 0.2) is 5.13 Å². The van der Waals surface area contributed by atoms with Gasteiger partial charge in [-0.15, -0.1) is 23.1 Å². The molecule has 0 fully saturated rings. The topological polar surface area (TPSA) is 113 Å². The largest absolute Gasteiger partial charge is 0.465 e. The summed E-state index contributed by atoms with van der Waals surface area (Å²) in [7, 11) is 0. The van der Waals surface area contributed by atoms with Crippen molar-refractivity contribution in [1.82, 2.24) is 10.3 Å². The molecule has 8 nitrogen and oxygen atoms in total. The molecule has 0 aliphatic rings. The lowest BCUT2D eigenvalue weighted by molar-refractivity contribution is -0.116. The minimum atomic E-state index is -0.518. The molecular formula is C31H24N4O4S2. The predicted octanol–water partition coefficient (Wildman–Crippen LogP) is 6.62. The molecule has 0 bridgehead atoms. The number of carbonyl (C=O) groups is 3. The molecule has 0 aliphatic carbocycles. The average Bonchev–Trinajstić information content (AvgIpc) is 3.72. The standard InChI is InChI=1S/C31H24N4O4S2/c36-28(22-10-5-2-6-11-22)34-26(20-24-12-7-18-39-24)29(37)33-23-13-15-25(16-14-23)41-27(21-8-3-1-4-9-21)30(38)35-31-32-17-19-40-31/h1-20,27H,(H,33,37)(H,34,36)(H,32,35,38)/b26-20-. The second kappa shape index (κ2) is 13.4. The molecule has 5 rings (SSSR count). The number of nitrogens with zero attached hydrogens (tertiary/aromatic N) is 1. The van der Waals surface area contributed by atoms with Crippen LogP contribution < -0.4 is 16.0 Å². The Morgan fingerprint density at radius 1 is 0.854 bits per heavy atom. The highest BCUT2D eigenvalue weighted by Gasteiger charge is 2.23. The van der Waals surface area contributed by atoms with Crippen molar-refractivity contribution in [2.24, 2.45) is 0 Å². The van der Waals surface area contributed by atoms with Gasteiger partial charge in [-0.2, -0.15) is 0 Å². The number of thioether (sulfide) groups is 1. The van der Waals surface area contributed by atoms with Gasteiger partial charge in [-0.25, -0.2) is 4.98 Å². The third-order valence-corrected chi connectivity index (χ3v) is 7.68. The molecule has 41 heavy (non-hydrogen) atoms. The van der Waals surface area contributed by atoms with Gasteiger partial charge in [0.05, 0.1) is 6.26 Å². The van der Waals surface area contributed by atoms with E-state index < -0.39 is 17.1 Å². The van der Waals surface area contributed by atoms with Gasteiger partial charge in [-0.05, 0) is 54.1 Å². The van der Waals surface area contributed by atoms with Crippen molar-refractivity contribution < 1.29 is 18.8 Å². The molecular weight excluding hydrogens is 556 g/mol. The number of carbonyl (C=O) groups excluding carboxylic acids is 3. The van der Waals surface area contributed by atoms with Crippen molar-refractivity contribution in [2.75, 3.05) is 10.6 Å². The number of nitrogens with one attached hydrogen (secondary N) is 3. The van der Waals surface area contributed by atoms with E-state index in [1.165, 1.54) is 35.4 Å². The summed E-state index contributed by atoms with van der Waals surface area (Å²) in [6.07, 6.45) is 4.59. The van der Waals surface area contributed by atoms with Crippen LogP contribution in [0.4, 0.5) is 10.8 Å². The molecule has 204 valence electrons. The highest BCUT2D eigenvalue weighted by molar-refractivity contribution is 8.00. The number of aromatic nitrogens is 1. The van der Waals surface area contributed by atoms with Crippen LogP contribution in [0.15, 0.2) is 130 Å². The van der Waals surface area contributed by atoms with Gasteiger partial charge in [-0.1, -0.05) is 48.5 Å². The Morgan fingerprint density at radius 3 is 2.24 bits per heavy atom. The molecule has 0 aliphatic heterocycles. The highest BCUT2D eigenvalue weighted by atomic mass is 32.2. The lowest BCUT2D eigenvalue weighted by Crippen LogP contribution is -2.30. The number of rotatable bonds is 10. The number of hydrogen-bond acceptors (Lipinski definition) is 7. The number of thiazole rings is 1. The van der Waals surface area contributed by atoms with Crippen LogP contribution in [0, 0.1) is 0 Å². The van der Waals surface area contributed by atoms with Crippen LogP contribution in [0.1, 0.15) is 26.9 Å². The van der Waals surface area contributed by atoms with Crippen molar-refractivity contribution >= 4 is 57.7 Å². The lowest BCUT2D eigenvalue weighted by Gasteiger charge is -2.16. The van der Waals surface area contributed by atoms with Crippen LogP contribution >= 0.6 is 23.1 Å². The minimum Gasteiger partial charge on any atom is -0.465 e. The number of furan rings is 1. The summed E-state index contributed by atoms with van der Waals surface area (Å²) >= 11 is 2.74. The zero-order chi connectivity index (χ0) is 28.4. The molecule has 10 heteroatoms. The monoisotopic (exact) mass is 580 g/mol. The Kier molecular flexibility index (Phi) is 9.05. The summed E-state index contributed by atoms with van der Waals surface area (Å²) < 4.78 is 5.35. The maximum atomic E-state index is 13.2. The Hall–Kier alpha value is -4.93. The summed E-state index contributed by atoms with van der Waals surface area (Å²) in [5.74, 6) is -0.710. The van der Waals surface area contributed by atoms with Gasteiger partial charge in [0.2, 0.25) is 5.91 Å². The van der Waals surface area contributed by atoms with Crippen molar-refractivity contribution in [3.8, 4) is 0 Å². The fourth-order valence-corrected chi connectivity index (χ4v) is 5.32. The first-order valence-electron chi connectivity index (χ1n) is 12.5. The Bertz CT molecular complexity index is 1620. The number of amides is 3. The van der Waals surface area contributed by atoms with Crippen LogP contribution in [0.25, 0.3) is 6.08 Å². The van der Waals surface area contributed by atoms with Gasteiger partial charge in [0.1, 0.15) is 16.7 Å². The number of hydrogen-bond donors (Lipinski definition) is 3. The third-order valence-electron chi connectivity index (χ3n) is 5.73. The number of benzene rings is 3. The van der Waals surface area contributed by atoms with Crippen molar-refractivity contribution in [1.29, 1.82) is 0 Å². The van der Waals surface area contributed by atoms with Crippen molar-refractivity contribution in [2.45, 2.75) is 10.1 Å². The van der Waals surface area contributed by atoms with Gasteiger partial charge < -0.3 is 20.4 Å². The maximum Gasteiger partial charge on any atom is 0.272 e. The Morgan fingerprint density at radius 2 is 1.59 bits per heavy atom. The Labute approximate surface area is 244 Å². The molecule has 2 heterocycles. The minimum absolute atomic E-state index is 0.0234. The van der Waals surface area contributed by atoms with Crippen LogP contribution in [0.2, 0.25) is 0 Å². The molecule has 0 saturated carbocycles. The number of anilines is 2. The first kappa shape index (κ1) is 27.6. The lowest BCUT2D eigenvalue weighted by atomic mass is 10.1. The van der Waals surface area contributed by atoms with E-state index in [1.807, 2.05) is 42.5 Å². The fourth-order valence-electron chi connectivity index (χ4n) is 3.77. The van der Waals surface area contributed by atoms with E-state index in [4.69, 9.17) is 4.42 Å². The van der Waals surface area contributed by atoms with Crippen molar-refractivity contribution in [3.63, 3.8) is 0 Å². The molecule has 3 N–H and O–H groups in total. The van der Waals surface area contributed by atoms with E-state index in [9.17, 15) is 14.4 Å².